The summed E-state index contributed by atoms with van der Waals surface area (Å²) in [4.78, 5) is 12.6. The maximum absolute atomic E-state index is 13.2. The molecule has 2 heterocycles. The Labute approximate surface area is 168 Å². The summed E-state index contributed by atoms with van der Waals surface area (Å²) in [5.74, 6) is 0.127. The fourth-order valence-electron chi connectivity index (χ4n) is 3.12. The number of methoxy groups -OCH3 is 1. The number of carbonyl (C=O) groups excluding carboxylic acids is 1. The van der Waals surface area contributed by atoms with E-state index >= 15 is 0 Å². The first-order valence-corrected chi connectivity index (χ1v) is 8.90. The van der Waals surface area contributed by atoms with Gasteiger partial charge in [-0.3, -0.25) is 4.79 Å². The van der Waals surface area contributed by atoms with Gasteiger partial charge in [0.05, 0.1) is 36.7 Å². The Morgan fingerprint density at radius 1 is 1.23 bits per heavy atom. The molecule has 0 aliphatic carbocycles. The van der Waals surface area contributed by atoms with Crippen LogP contribution in [0.25, 0.3) is 16.7 Å². The lowest BCUT2D eigenvalue weighted by molar-refractivity contribution is -0.137. The van der Waals surface area contributed by atoms with Crippen molar-refractivity contribution in [3.05, 3.63) is 72.2 Å². The predicted octanol–water partition coefficient (Wildman–Crippen LogP) is 4.83. The van der Waals surface area contributed by atoms with E-state index < -0.39 is 17.6 Å². The first-order chi connectivity index (χ1) is 14.3. The van der Waals surface area contributed by atoms with Gasteiger partial charge in [0.1, 0.15) is 11.3 Å². The van der Waals surface area contributed by atoms with E-state index in [1.165, 1.54) is 30.3 Å². The summed E-state index contributed by atoms with van der Waals surface area (Å²) in [6.45, 7) is 0. The van der Waals surface area contributed by atoms with Crippen molar-refractivity contribution in [2.45, 2.75) is 12.6 Å². The second-order valence-electron chi connectivity index (χ2n) is 6.53. The second kappa shape index (κ2) is 7.58. The highest BCUT2D eigenvalue weighted by molar-refractivity contribution is 5.97. The number of hydrogen-bond acceptors (Lipinski definition) is 4. The Bertz CT molecular complexity index is 1200. The van der Waals surface area contributed by atoms with E-state index in [1.54, 1.807) is 30.5 Å². The summed E-state index contributed by atoms with van der Waals surface area (Å²) in [5, 5.41) is 7.33. The standard InChI is InChI=1S/C21H16F3N3O3/c1-29-15-4-5-16-13(12-30-19(16)11-15)9-20(28)26-17-10-14(21(22,23)24)3-6-18(17)27-8-2-7-25-27/h2-8,10-12H,9H2,1H3,(H,26,28). The third-order valence-corrected chi connectivity index (χ3v) is 4.56. The Hall–Kier alpha value is -3.75. The number of furan rings is 1. The number of rotatable bonds is 5. The Morgan fingerprint density at radius 3 is 2.77 bits per heavy atom. The Kier molecular flexibility index (Phi) is 4.94. The number of hydrogen-bond donors (Lipinski definition) is 1. The fraction of sp³-hybridized carbons (Fsp3) is 0.143. The molecule has 30 heavy (non-hydrogen) atoms. The molecule has 0 bridgehead atoms. The lowest BCUT2D eigenvalue weighted by Gasteiger charge is -2.14. The average molecular weight is 415 g/mol. The van der Waals surface area contributed by atoms with E-state index in [9.17, 15) is 18.0 Å². The molecular formula is C21H16F3N3O3. The normalized spacial score (nSPS) is 11.6. The van der Waals surface area contributed by atoms with Crippen LogP contribution >= 0.6 is 0 Å². The minimum atomic E-state index is -4.54. The van der Waals surface area contributed by atoms with Crippen molar-refractivity contribution in [2.24, 2.45) is 0 Å². The topological polar surface area (TPSA) is 69.3 Å². The fourth-order valence-corrected chi connectivity index (χ4v) is 3.12. The Balaban J connectivity index is 1.62. The molecule has 2 aromatic carbocycles. The highest BCUT2D eigenvalue weighted by atomic mass is 19.4. The first kappa shape index (κ1) is 19.6. The SMILES string of the molecule is COc1ccc2c(CC(=O)Nc3cc(C(F)(F)F)ccc3-n3cccn3)coc2c1. The van der Waals surface area contributed by atoms with Crippen molar-refractivity contribution < 1.29 is 27.1 Å². The molecule has 0 saturated heterocycles. The molecule has 0 spiro atoms. The van der Waals surface area contributed by atoms with E-state index in [2.05, 4.69) is 10.4 Å². The Morgan fingerprint density at radius 2 is 2.07 bits per heavy atom. The smallest absolute Gasteiger partial charge is 0.416 e. The van der Waals surface area contributed by atoms with Gasteiger partial charge in [0.25, 0.3) is 0 Å². The number of carbonyl (C=O) groups is 1. The molecule has 2 aromatic heterocycles. The van der Waals surface area contributed by atoms with Gasteiger partial charge in [-0.2, -0.15) is 18.3 Å². The van der Waals surface area contributed by atoms with Gasteiger partial charge in [0.2, 0.25) is 5.91 Å². The summed E-state index contributed by atoms with van der Waals surface area (Å²) in [7, 11) is 1.53. The molecule has 4 aromatic rings. The van der Waals surface area contributed by atoms with Gasteiger partial charge in [0.15, 0.2) is 0 Å². The van der Waals surface area contributed by atoms with Crippen LogP contribution < -0.4 is 10.1 Å². The maximum Gasteiger partial charge on any atom is 0.416 e. The number of nitrogens with zero attached hydrogens (tertiary/aromatic N) is 2. The van der Waals surface area contributed by atoms with E-state index in [4.69, 9.17) is 9.15 Å². The molecule has 0 atom stereocenters. The van der Waals surface area contributed by atoms with Crippen LogP contribution in [0.5, 0.6) is 5.75 Å². The predicted molar refractivity (Wildman–Crippen MR) is 104 cm³/mol. The van der Waals surface area contributed by atoms with Crippen molar-refractivity contribution in [1.82, 2.24) is 9.78 Å². The number of anilines is 1. The summed E-state index contributed by atoms with van der Waals surface area (Å²) < 4.78 is 51.5. The van der Waals surface area contributed by atoms with E-state index in [0.717, 1.165) is 17.5 Å². The number of amides is 1. The van der Waals surface area contributed by atoms with Crippen molar-refractivity contribution in [3.63, 3.8) is 0 Å². The number of halogens is 3. The maximum atomic E-state index is 13.2. The van der Waals surface area contributed by atoms with Crippen LogP contribution in [0.1, 0.15) is 11.1 Å². The molecule has 0 saturated carbocycles. The van der Waals surface area contributed by atoms with Crippen molar-refractivity contribution in [1.29, 1.82) is 0 Å². The first-order valence-electron chi connectivity index (χ1n) is 8.90. The third kappa shape index (κ3) is 3.86. The summed E-state index contributed by atoms with van der Waals surface area (Å²) in [6.07, 6.45) is -0.0926. The lowest BCUT2D eigenvalue weighted by atomic mass is 10.1. The summed E-state index contributed by atoms with van der Waals surface area (Å²) >= 11 is 0. The molecule has 9 heteroatoms. The monoisotopic (exact) mass is 415 g/mol. The van der Waals surface area contributed by atoms with Crippen LogP contribution in [-0.2, 0) is 17.4 Å². The molecule has 154 valence electrons. The molecule has 4 rings (SSSR count). The van der Waals surface area contributed by atoms with Gasteiger partial charge < -0.3 is 14.5 Å². The highest BCUT2D eigenvalue weighted by Gasteiger charge is 2.31. The van der Waals surface area contributed by atoms with E-state index in [-0.39, 0.29) is 12.1 Å². The van der Waals surface area contributed by atoms with Crippen LogP contribution in [0.15, 0.2) is 65.5 Å². The van der Waals surface area contributed by atoms with Gasteiger partial charge in [0, 0.05) is 29.4 Å². The largest absolute Gasteiger partial charge is 0.497 e. The van der Waals surface area contributed by atoms with Crippen molar-refractivity contribution >= 4 is 22.6 Å². The number of nitrogens with one attached hydrogen (secondary N) is 1. The summed E-state index contributed by atoms with van der Waals surface area (Å²) in [6, 6.07) is 9.94. The van der Waals surface area contributed by atoms with Gasteiger partial charge >= 0.3 is 6.18 Å². The van der Waals surface area contributed by atoms with Crippen LogP contribution in [0.3, 0.4) is 0 Å². The summed E-state index contributed by atoms with van der Waals surface area (Å²) in [5.41, 5.74) is 0.622. The molecule has 1 amide bonds. The third-order valence-electron chi connectivity index (χ3n) is 4.56. The number of alkyl halides is 3. The molecule has 1 N–H and O–H groups in total. The zero-order valence-corrected chi connectivity index (χ0v) is 15.7. The zero-order valence-electron chi connectivity index (χ0n) is 15.7. The van der Waals surface area contributed by atoms with Gasteiger partial charge in [-0.1, -0.05) is 0 Å². The number of ether oxygens (including phenoxy) is 1. The minimum Gasteiger partial charge on any atom is -0.497 e. The van der Waals surface area contributed by atoms with E-state index in [0.29, 0.717) is 22.6 Å². The molecule has 0 aliphatic rings. The number of fused-ring (bicyclic) bond motifs is 1. The number of benzene rings is 2. The van der Waals surface area contributed by atoms with Crippen molar-refractivity contribution in [3.8, 4) is 11.4 Å². The molecular weight excluding hydrogens is 399 g/mol. The van der Waals surface area contributed by atoms with Crippen LogP contribution in [0.4, 0.5) is 18.9 Å². The van der Waals surface area contributed by atoms with Crippen molar-refractivity contribution in [2.75, 3.05) is 12.4 Å². The molecule has 6 nitrogen and oxygen atoms in total. The molecule has 0 aliphatic heterocycles. The van der Waals surface area contributed by atoms with Gasteiger partial charge in [-0.25, -0.2) is 4.68 Å². The van der Waals surface area contributed by atoms with Crippen LogP contribution in [-0.4, -0.2) is 22.8 Å². The lowest BCUT2D eigenvalue weighted by Crippen LogP contribution is -2.17. The van der Waals surface area contributed by atoms with Gasteiger partial charge in [-0.15, -0.1) is 0 Å². The quantitative estimate of drug-likeness (QED) is 0.507. The average Bonchev–Trinajstić information content (AvgIpc) is 3.37. The number of aromatic nitrogens is 2. The molecule has 0 unspecified atom stereocenters. The highest BCUT2D eigenvalue weighted by Crippen LogP contribution is 2.33. The van der Waals surface area contributed by atoms with Crippen LogP contribution in [0, 0.1) is 0 Å². The van der Waals surface area contributed by atoms with Crippen LogP contribution in [0.2, 0.25) is 0 Å². The van der Waals surface area contributed by atoms with Gasteiger partial charge in [-0.05, 0) is 36.4 Å². The minimum absolute atomic E-state index is 0.00740. The second-order valence-corrected chi connectivity index (χ2v) is 6.53. The zero-order chi connectivity index (χ0) is 21.3. The molecule has 0 fully saturated rings. The van der Waals surface area contributed by atoms with E-state index in [1.807, 2.05) is 0 Å². The molecule has 0 radical (unpaired) electrons.